The van der Waals surface area contributed by atoms with Gasteiger partial charge in [0.15, 0.2) is 0 Å². The number of amides is 1. The molecule has 0 radical (unpaired) electrons. The molecule has 1 amide bonds. The predicted molar refractivity (Wildman–Crippen MR) is 80.3 cm³/mol. The molecule has 124 valence electrons. The highest BCUT2D eigenvalue weighted by Gasteiger charge is 2.22. The highest BCUT2D eigenvalue weighted by atomic mass is 16.6. The Kier molecular flexibility index (Phi) is 5.77. The van der Waals surface area contributed by atoms with Crippen LogP contribution in [0.25, 0.3) is 6.08 Å². The van der Waals surface area contributed by atoms with Crippen LogP contribution in [0, 0.1) is 10.1 Å². The second-order valence-electron chi connectivity index (χ2n) is 5.34. The Hall–Kier alpha value is -2.97. The van der Waals surface area contributed by atoms with Crippen molar-refractivity contribution in [2.45, 2.75) is 26.4 Å². The molecule has 1 heterocycles. The summed E-state index contributed by atoms with van der Waals surface area (Å²) >= 11 is 0. The summed E-state index contributed by atoms with van der Waals surface area (Å²) in [5.41, 5.74) is -1.53. The maximum absolute atomic E-state index is 11.8. The number of hydrogen-bond acceptors (Lipinski definition) is 7. The smallest absolute Gasteiger partial charge is 0.412 e. The molecule has 0 aliphatic rings. The zero-order valence-corrected chi connectivity index (χ0v) is 13.2. The standard InChI is InChI=1S/C14H17N3O6/c1-14(2,3)23-13(19)16-10(12(18)22-4)8-9-11(17(20)21)6-5-7-15-9/h5-8H,1-4H3,(H,16,19). The maximum atomic E-state index is 11.8. The quantitative estimate of drug-likeness (QED) is 0.389. The number of alkyl carbamates (subject to hydrolysis) is 1. The highest BCUT2D eigenvalue weighted by Crippen LogP contribution is 2.18. The lowest BCUT2D eigenvalue weighted by atomic mass is 10.2. The molecule has 1 aromatic heterocycles. The first kappa shape index (κ1) is 18.1. The van der Waals surface area contributed by atoms with Crippen LogP contribution in [0.15, 0.2) is 24.0 Å². The molecule has 0 fully saturated rings. The van der Waals surface area contributed by atoms with E-state index in [4.69, 9.17) is 4.74 Å². The van der Waals surface area contributed by atoms with E-state index in [1.165, 1.54) is 18.3 Å². The lowest BCUT2D eigenvalue weighted by Crippen LogP contribution is -2.34. The first-order chi connectivity index (χ1) is 10.6. The first-order valence-corrected chi connectivity index (χ1v) is 6.53. The van der Waals surface area contributed by atoms with Gasteiger partial charge >= 0.3 is 12.1 Å². The number of nitrogens with zero attached hydrogens (tertiary/aromatic N) is 2. The molecule has 0 aliphatic carbocycles. The SMILES string of the molecule is COC(=O)C(=Cc1ncccc1[N+](=O)[O-])NC(=O)OC(C)(C)C. The Bertz CT molecular complexity index is 648. The number of nitro groups is 1. The first-order valence-electron chi connectivity index (χ1n) is 6.53. The fourth-order valence-electron chi connectivity index (χ4n) is 1.48. The number of ether oxygens (including phenoxy) is 2. The van der Waals surface area contributed by atoms with Gasteiger partial charge in [0.2, 0.25) is 0 Å². The molecule has 1 aromatic rings. The zero-order valence-electron chi connectivity index (χ0n) is 13.2. The molecule has 9 heteroatoms. The highest BCUT2D eigenvalue weighted by molar-refractivity contribution is 5.97. The zero-order chi connectivity index (χ0) is 17.6. The number of hydrogen-bond donors (Lipinski definition) is 1. The van der Waals surface area contributed by atoms with Crippen molar-refractivity contribution in [2.75, 3.05) is 7.11 Å². The number of esters is 1. The van der Waals surface area contributed by atoms with Crippen LogP contribution in [0.4, 0.5) is 10.5 Å². The molecule has 0 aromatic carbocycles. The van der Waals surface area contributed by atoms with E-state index in [0.29, 0.717) is 0 Å². The summed E-state index contributed by atoms with van der Waals surface area (Å²) in [4.78, 5) is 37.6. The molecule has 0 unspecified atom stereocenters. The van der Waals surface area contributed by atoms with Gasteiger partial charge in [0.1, 0.15) is 17.0 Å². The van der Waals surface area contributed by atoms with E-state index in [1.54, 1.807) is 20.8 Å². The minimum Gasteiger partial charge on any atom is -0.464 e. The summed E-state index contributed by atoms with van der Waals surface area (Å²) in [6.45, 7) is 4.95. The number of rotatable bonds is 4. The van der Waals surface area contributed by atoms with Crippen LogP contribution in [-0.4, -0.2) is 34.7 Å². The average Bonchev–Trinajstić information content (AvgIpc) is 2.44. The van der Waals surface area contributed by atoms with E-state index in [9.17, 15) is 19.7 Å². The average molecular weight is 323 g/mol. The van der Waals surface area contributed by atoms with Crippen molar-refractivity contribution >= 4 is 23.8 Å². The fourth-order valence-corrected chi connectivity index (χ4v) is 1.48. The van der Waals surface area contributed by atoms with E-state index in [0.717, 1.165) is 13.2 Å². The van der Waals surface area contributed by atoms with Crippen LogP contribution in [0.2, 0.25) is 0 Å². The molecular weight excluding hydrogens is 306 g/mol. The van der Waals surface area contributed by atoms with Crippen molar-refractivity contribution in [3.63, 3.8) is 0 Å². The minimum atomic E-state index is -0.896. The monoisotopic (exact) mass is 323 g/mol. The molecule has 0 atom stereocenters. The minimum absolute atomic E-state index is 0.103. The van der Waals surface area contributed by atoms with Crippen LogP contribution in [0.5, 0.6) is 0 Å². The molecule has 0 saturated heterocycles. The van der Waals surface area contributed by atoms with Gasteiger partial charge in [-0.1, -0.05) is 0 Å². The third-order valence-corrected chi connectivity index (χ3v) is 2.33. The number of carbonyl (C=O) groups is 2. The van der Waals surface area contributed by atoms with Gasteiger partial charge in [-0.05, 0) is 26.8 Å². The van der Waals surface area contributed by atoms with Gasteiger partial charge in [0.05, 0.1) is 12.0 Å². The lowest BCUT2D eigenvalue weighted by molar-refractivity contribution is -0.385. The van der Waals surface area contributed by atoms with E-state index >= 15 is 0 Å². The van der Waals surface area contributed by atoms with Crippen molar-refractivity contribution in [3.8, 4) is 0 Å². The van der Waals surface area contributed by atoms with Gasteiger partial charge in [-0.2, -0.15) is 0 Å². The molecule has 0 aliphatic heterocycles. The molecule has 0 bridgehead atoms. The third kappa shape index (κ3) is 5.73. The number of nitrogens with one attached hydrogen (secondary N) is 1. The van der Waals surface area contributed by atoms with Gasteiger partial charge in [0, 0.05) is 18.3 Å². The fraction of sp³-hybridized carbons (Fsp3) is 0.357. The van der Waals surface area contributed by atoms with Crippen molar-refractivity contribution in [1.82, 2.24) is 10.3 Å². The Morgan fingerprint density at radius 2 is 2.04 bits per heavy atom. The van der Waals surface area contributed by atoms with Crippen LogP contribution >= 0.6 is 0 Å². The molecule has 23 heavy (non-hydrogen) atoms. The maximum Gasteiger partial charge on any atom is 0.412 e. The summed E-state index contributed by atoms with van der Waals surface area (Å²) in [5, 5.41) is 13.2. The number of methoxy groups -OCH3 is 1. The Morgan fingerprint density at radius 1 is 1.39 bits per heavy atom. The van der Waals surface area contributed by atoms with Crippen molar-refractivity contribution in [1.29, 1.82) is 0 Å². The van der Waals surface area contributed by atoms with Crippen LogP contribution < -0.4 is 5.32 Å². The lowest BCUT2D eigenvalue weighted by Gasteiger charge is -2.20. The summed E-state index contributed by atoms with van der Waals surface area (Å²) in [6.07, 6.45) is 1.47. The number of carbonyl (C=O) groups excluding carboxylic acids is 2. The molecule has 1 rings (SSSR count). The second kappa shape index (κ2) is 7.34. The summed E-state index contributed by atoms with van der Waals surface area (Å²) in [6, 6.07) is 2.61. The van der Waals surface area contributed by atoms with Crippen molar-refractivity contribution in [3.05, 3.63) is 39.8 Å². The van der Waals surface area contributed by atoms with Gasteiger partial charge in [0.25, 0.3) is 5.69 Å². The normalized spacial score (nSPS) is 11.6. The summed E-state index contributed by atoms with van der Waals surface area (Å²) < 4.78 is 9.57. The van der Waals surface area contributed by atoms with E-state index in [-0.39, 0.29) is 17.1 Å². The molecule has 0 spiro atoms. The Balaban J connectivity index is 3.15. The van der Waals surface area contributed by atoms with Gasteiger partial charge in [-0.25, -0.2) is 14.6 Å². The summed E-state index contributed by atoms with van der Waals surface area (Å²) in [5.74, 6) is -0.893. The molecule has 1 N–H and O–H groups in total. The third-order valence-electron chi connectivity index (χ3n) is 2.33. The van der Waals surface area contributed by atoms with E-state index in [2.05, 4.69) is 15.0 Å². The predicted octanol–water partition coefficient (Wildman–Crippen LogP) is 2.03. The largest absolute Gasteiger partial charge is 0.464 e. The number of aromatic nitrogens is 1. The van der Waals surface area contributed by atoms with E-state index in [1.807, 2.05) is 0 Å². The van der Waals surface area contributed by atoms with Crippen LogP contribution in [0.1, 0.15) is 26.5 Å². The Labute approximate surface area is 132 Å². The van der Waals surface area contributed by atoms with Crippen LogP contribution in [-0.2, 0) is 14.3 Å². The van der Waals surface area contributed by atoms with Gasteiger partial charge in [-0.3, -0.25) is 15.4 Å². The van der Waals surface area contributed by atoms with Crippen molar-refractivity contribution in [2.24, 2.45) is 0 Å². The Morgan fingerprint density at radius 3 is 2.57 bits per heavy atom. The van der Waals surface area contributed by atoms with Crippen LogP contribution in [0.3, 0.4) is 0 Å². The molecule has 0 saturated carbocycles. The van der Waals surface area contributed by atoms with Gasteiger partial charge in [-0.15, -0.1) is 0 Å². The van der Waals surface area contributed by atoms with Crippen molar-refractivity contribution < 1.29 is 24.0 Å². The van der Waals surface area contributed by atoms with E-state index < -0.39 is 22.6 Å². The van der Waals surface area contributed by atoms with Gasteiger partial charge < -0.3 is 9.47 Å². The summed E-state index contributed by atoms with van der Waals surface area (Å²) in [7, 11) is 1.11. The second-order valence-corrected chi connectivity index (χ2v) is 5.34. The molecule has 9 nitrogen and oxygen atoms in total. The molecular formula is C14H17N3O6. The topological polar surface area (TPSA) is 121 Å². The number of pyridine rings is 1.